The maximum Gasteiger partial charge on any atom is 0.129 e. The zero-order valence-electron chi connectivity index (χ0n) is 17.5. The summed E-state index contributed by atoms with van der Waals surface area (Å²) in [5.74, 6) is -0.0870. The highest BCUT2D eigenvalue weighted by molar-refractivity contribution is 6.31. The van der Waals surface area contributed by atoms with E-state index in [9.17, 15) is 4.39 Å². The monoisotopic (exact) mass is 422 g/mol. The average molecular weight is 423 g/mol. The Morgan fingerprint density at radius 2 is 1.57 bits per heavy atom. The number of benzene rings is 2. The molecule has 2 aromatic heterocycles. The number of aromatic nitrogens is 4. The van der Waals surface area contributed by atoms with Gasteiger partial charge in [-0.15, -0.1) is 0 Å². The molecule has 1 unspecified atom stereocenters. The van der Waals surface area contributed by atoms with Crippen LogP contribution in [-0.4, -0.2) is 19.6 Å². The molecule has 0 aliphatic carbocycles. The lowest BCUT2D eigenvalue weighted by Crippen LogP contribution is -2.03. The summed E-state index contributed by atoms with van der Waals surface area (Å²) in [5, 5.41) is 9.13. The predicted molar refractivity (Wildman–Crippen MR) is 119 cm³/mol. The third kappa shape index (κ3) is 4.03. The molecule has 0 N–H and O–H groups in total. The van der Waals surface area contributed by atoms with Gasteiger partial charge in [0.05, 0.1) is 12.4 Å². The molecule has 0 bridgehead atoms. The molecule has 2 aromatic carbocycles. The van der Waals surface area contributed by atoms with Gasteiger partial charge < -0.3 is 0 Å². The molecule has 4 rings (SSSR count). The van der Waals surface area contributed by atoms with E-state index in [1.807, 2.05) is 63.0 Å². The van der Waals surface area contributed by atoms with E-state index in [0.29, 0.717) is 22.6 Å². The van der Waals surface area contributed by atoms with Crippen LogP contribution >= 0.6 is 11.6 Å². The van der Waals surface area contributed by atoms with Crippen LogP contribution in [0.2, 0.25) is 5.02 Å². The van der Waals surface area contributed by atoms with Crippen LogP contribution in [-0.2, 0) is 20.5 Å². The van der Waals surface area contributed by atoms with Gasteiger partial charge in [-0.25, -0.2) is 4.39 Å². The Labute approximate surface area is 180 Å². The standard InChI is InChI=1S/C24H24ClFN4/c1-15(22-6-5-17(10-23(22)25)20-11-27-29(3)13-20)7-19-9-18(8-16(2)24(19)26)21-12-28-30(4)14-21/h5-6,8-15H,7H2,1-4H3. The van der Waals surface area contributed by atoms with Gasteiger partial charge in [0.1, 0.15) is 5.82 Å². The van der Waals surface area contributed by atoms with Crippen molar-refractivity contribution in [3.8, 4) is 22.3 Å². The summed E-state index contributed by atoms with van der Waals surface area (Å²) in [4.78, 5) is 0. The Balaban J connectivity index is 1.62. The van der Waals surface area contributed by atoms with Crippen molar-refractivity contribution < 1.29 is 4.39 Å². The molecule has 30 heavy (non-hydrogen) atoms. The van der Waals surface area contributed by atoms with Gasteiger partial charge >= 0.3 is 0 Å². The molecular weight excluding hydrogens is 399 g/mol. The summed E-state index contributed by atoms with van der Waals surface area (Å²) >= 11 is 6.62. The minimum Gasteiger partial charge on any atom is -0.275 e. The van der Waals surface area contributed by atoms with Gasteiger partial charge in [-0.2, -0.15) is 10.2 Å². The summed E-state index contributed by atoms with van der Waals surface area (Å²) in [6, 6.07) is 9.83. The van der Waals surface area contributed by atoms with Gasteiger partial charge in [-0.3, -0.25) is 9.36 Å². The number of rotatable bonds is 5. The lowest BCUT2D eigenvalue weighted by Gasteiger charge is -2.17. The van der Waals surface area contributed by atoms with E-state index in [1.165, 1.54) is 0 Å². The van der Waals surface area contributed by atoms with E-state index in [4.69, 9.17) is 11.6 Å². The number of halogens is 2. The number of aryl methyl sites for hydroxylation is 3. The minimum atomic E-state index is -0.155. The first-order chi connectivity index (χ1) is 14.3. The van der Waals surface area contributed by atoms with Gasteiger partial charge in [0.2, 0.25) is 0 Å². The first kappa shape index (κ1) is 20.4. The largest absolute Gasteiger partial charge is 0.275 e. The first-order valence-corrected chi connectivity index (χ1v) is 10.3. The van der Waals surface area contributed by atoms with E-state index in [1.54, 1.807) is 22.5 Å². The Kier molecular flexibility index (Phi) is 5.48. The van der Waals surface area contributed by atoms with Crippen LogP contribution in [0, 0.1) is 12.7 Å². The Hall–Kier alpha value is -2.92. The Morgan fingerprint density at radius 3 is 2.13 bits per heavy atom. The molecule has 2 heterocycles. The van der Waals surface area contributed by atoms with Gasteiger partial charge in [0.25, 0.3) is 0 Å². The fraction of sp³-hybridized carbons (Fsp3) is 0.250. The van der Waals surface area contributed by atoms with Crippen molar-refractivity contribution in [2.24, 2.45) is 14.1 Å². The number of nitrogens with zero attached hydrogens (tertiary/aromatic N) is 4. The van der Waals surface area contributed by atoms with Crippen LogP contribution in [0.25, 0.3) is 22.3 Å². The summed E-state index contributed by atoms with van der Waals surface area (Å²) in [6.07, 6.45) is 8.07. The maximum absolute atomic E-state index is 14.9. The second-order valence-corrected chi connectivity index (χ2v) is 8.32. The maximum atomic E-state index is 14.9. The van der Waals surface area contributed by atoms with Crippen molar-refractivity contribution in [1.82, 2.24) is 19.6 Å². The van der Waals surface area contributed by atoms with E-state index in [0.717, 1.165) is 27.8 Å². The third-order valence-electron chi connectivity index (χ3n) is 5.46. The predicted octanol–water partition coefficient (Wildman–Crippen LogP) is 5.93. The second kappa shape index (κ2) is 8.07. The zero-order valence-corrected chi connectivity index (χ0v) is 18.3. The topological polar surface area (TPSA) is 35.6 Å². The van der Waals surface area contributed by atoms with Gasteiger partial charge in [0.15, 0.2) is 0 Å². The van der Waals surface area contributed by atoms with Crippen LogP contribution in [0.3, 0.4) is 0 Å². The molecule has 0 spiro atoms. The third-order valence-corrected chi connectivity index (χ3v) is 5.79. The van der Waals surface area contributed by atoms with Gasteiger partial charge in [-0.1, -0.05) is 30.7 Å². The second-order valence-electron chi connectivity index (χ2n) is 7.91. The number of hydrogen-bond acceptors (Lipinski definition) is 2. The fourth-order valence-corrected chi connectivity index (χ4v) is 4.21. The first-order valence-electron chi connectivity index (χ1n) is 9.88. The lowest BCUT2D eigenvalue weighted by molar-refractivity contribution is 0.590. The molecule has 0 radical (unpaired) electrons. The van der Waals surface area contributed by atoms with Gasteiger partial charge in [-0.05, 0) is 65.3 Å². The molecule has 0 aliphatic heterocycles. The van der Waals surface area contributed by atoms with Gasteiger partial charge in [0, 0.05) is 42.6 Å². The van der Waals surface area contributed by atoms with Crippen molar-refractivity contribution in [2.75, 3.05) is 0 Å². The fourth-order valence-electron chi connectivity index (χ4n) is 3.84. The number of hydrogen-bond donors (Lipinski definition) is 0. The highest BCUT2D eigenvalue weighted by Crippen LogP contribution is 2.33. The van der Waals surface area contributed by atoms with E-state index in [2.05, 4.69) is 17.1 Å². The molecule has 0 fully saturated rings. The van der Waals surface area contributed by atoms with Crippen LogP contribution in [0.15, 0.2) is 55.1 Å². The van der Waals surface area contributed by atoms with E-state index >= 15 is 0 Å². The SMILES string of the molecule is Cc1cc(-c2cnn(C)c2)cc(CC(C)c2ccc(-c3cnn(C)c3)cc2Cl)c1F. The van der Waals surface area contributed by atoms with E-state index in [-0.39, 0.29) is 11.7 Å². The van der Waals surface area contributed by atoms with E-state index < -0.39 is 0 Å². The highest BCUT2D eigenvalue weighted by Gasteiger charge is 2.17. The van der Waals surface area contributed by atoms with Crippen molar-refractivity contribution in [3.63, 3.8) is 0 Å². The van der Waals surface area contributed by atoms with Crippen LogP contribution in [0.5, 0.6) is 0 Å². The quantitative estimate of drug-likeness (QED) is 0.399. The van der Waals surface area contributed by atoms with Crippen molar-refractivity contribution in [3.05, 3.63) is 82.6 Å². The Morgan fingerprint density at radius 1 is 0.933 bits per heavy atom. The molecule has 0 amide bonds. The smallest absolute Gasteiger partial charge is 0.129 e. The summed E-state index contributed by atoms with van der Waals surface area (Å²) in [5.41, 5.74) is 6.32. The summed E-state index contributed by atoms with van der Waals surface area (Å²) in [6.45, 7) is 3.88. The molecule has 4 nitrogen and oxygen atoms in total. The van der Waals surface area contributed by atoms with Crippen molar-refractivity contribution >= 4 is 11.6 Å². The summed E-state index contributed by atoms with van der Waals surface area (Å²) in [7, 11) is 3.76. The molecule has 0 saturated carbocycles. The Bertz CT molecular complexity index is 1210. The average Bonchev–Trinajstić information content (AvgIpc) is 3.33. The van der Waals surface area contributed by atoms with Crippen molar-refractivity contribution in [1.29, 1.82) is 0 Å². The molecule has 4 aromatic rings. The summed E-state index contributed by atoms with van der Waals surface area (Å²) < 4.78 is 18.4. The zero-order chi connectivity index (χ0) is 21.4. The van der Waals surface area contributed by atoms with Crippen LogP contribution < -0.4 is 0 Å². The molecule has 1 atom stereocenters. The molecule has 154 valence electrons. The molecule has 6 heteroatoms. The lowest BCUT2D eigenvalue weighted by atomic mass is 9.90. The van der Waals surface area contributed by atoms with Crippen molar-refractivity contribution in [2.45, 2.75) is 26.2 Å². The molecule has 0 aliphatic rings. The van der Waals surface area contributed by atoms with Crippen LogP contribution in [0.1, 0.15) is 29.5 Å². The normalized spacial score (nSPS) is 12.3. The minimum absolute atomic E-state index is 0.0681. The van der Waals surface area contributed by atoms with Crippen LogP contribution in [0.4, 0.5) is 4.39 Å². The molecule has 0 saturated heterocycles. The highest BCUT2D eigenvalue weighted by atomic mass is 35.5. The molecular formula is C24H24ClFN4.